The average Bonchev–Trinajstić information content (AvgIpc) is 2.03. The van der Waals surface area contributed by atoms with Crippen LogP contribution in [0, 0.1) is 12.3 Å². The van der Waals surface area contributed by atoms with E-state index >= 15 is 0 Å². The fourth-order valence-corrected chi connectivity index (χ4v) is 1.02. The van der Waals surface area contributed by atoms with Gasteiger partial charge in [0.05, 0.1) is 0 Å². The molecule has 3 nitrogen and oxygen atoms in total. The molecule has 0 aliphatic rings. The lowest BCUT2D eigenvalue weighted by Crippen LogP contribution is -2.19. The van der Waals surface area contributed by atoms with Crippen molar-refractivity contribution in [2.45, 2.75) is 13.0 Å². The number of hydrogen-bond acceptors (Lipinski definition) is 2. The number of aliphatic hydroxyl groups is 1. The van der Waals surface area contributed by atoms with Crippen molar-refractivity contribution in [2.75, 3.05) is 0 Å². The van der Waals surface area contributed by atoms with Gasteiger partial charge in [0, 0.05) is 0 Å². The maximum atomic E-state index is 9.37. The molecule has 64 valence electrons. The van der Waals surface area contributed by atoms with Crippen molar-refractivity contribution >= 4 is 5.84 Å². The molecule has 0 heterocycles. The van der Waals surface area contributed by atoms with Crippen LogP contribution < -0.4 is 5.73 Å². The van der Waals surface area contributed by atoms with E-state index in [0.29, 0.717) is 5.56 Å². The van der Waals surface area contributed by atoms with Gasteiger partial charge in [-0.1, -0.05) is 29.8 Å². The van der Waals surface area contributed by atoms with Crippen LogP contribution in [0.15, 0.2) is 24.3 Å². The Morgan fingerprint density at radius 1 is 1.58 bits per heavy atom. The van der Waals surface area contributed by atoms with Crippen molar-refractivity contribution in [3.8, 4) is 0 Å². The predicted molar refractivity (Wildman–Crippen MR) is 48.1 cm³/mol. The summed E-state index contributed by atoms with van der Waals surface area (Å²) in [7, 11) is 0. The molecular formula is C9H12N2O. The maximum Gasteiger partial charge on any atom is 0.135 e. The van der Waals surface area contributed by atoms with Gasteiger partial charge in [-0.25, -0.2) is 0 Å². The van der Waals surface area contributed by atoms with E-state index in [-0.39, 0.29) is 5.84 Å². The second-order valence-corrected chi connectivity index (χ2v) is 2.77. The van der Waals surface area contributed by atoms with Crippen LogP contribution in [0.25, 0.3) is 0 Å². The minimum absolute atomic E-state index is 0.222. The van der Waals surface area contributed by atoms with Crippen LogP contribution in [0.3, 0.4) is 0 Å². The molecule has 0 amide bonds. The van der Waals surface area contributed by atoms with E-state index in [4.69, 9.17) is 11.1 Å². The largest absolute Gasteiger partial charge is 0.385 e. The molecule has 0 spiro atoms. The fourth-order valence-electron chi connectivity index (χ4n) is 1.02. The molecule has 0 fully saturated rings. The SMILES string of the molecule is Cc1cccc(C(O)C(=N)N)c1. The van der Waals surface area contributed by atoms with Crippen molar-refractivity contribution in [2.24, 2.45) is 5.73 Å². The van der Waals surface area contributed by atoms with Crippen LogP contribution in [0.5, 0.6) is 0 Å². The quantitative estimate of drug-likeness (QED) is 0.450. The van der Waals surface area contributed by atoms with Gasteiger partial charge >= 0.3 is 0 Å². The van der Waals surface area contributed by atoms with Crippen molar-refractivity contribution in [1.29, 1.82) is 5.41 Å². The van der Waals surface area contributed by atoms with Crippen molar-refractivity contribution in [1.82, 2.24) is 0 Å². The Labute approximate surface area is 71.3 Å². The zero-order chi connectivity index (χ0) is 9.14. The molecule has 0 aromatic heterocycles. The van der Waals surface area contributed by atoms with E-state index in [9.17, 15) is 5.11 Å². The Balaban J connectivity index is 2.95. The maximum absolute atomic E-state index is 9.37. The Bertz CT molecular complexity index is 296. The zero-order valence-corrected chi connectivity index (χ0v) is 6.91. The Morgan fingerprint density at radius 3 is 2.75 bits per heavy atom. The van der Waals surface area contributed by atoms with Crippen molar-refractivity contribution in [3.63, 3.8) is 0 Å². The Kier molecular flexibility index (Phi) is 2.45. The number of benzene rings is 1. The number of rotatable bonds is 2. The molecule has 4 N–H and O–H groups in total. The number of hydrogen-bond donors (Lipinski definition) is 3. The summed E-state index contributed by atoms with van der Waals surface area (Å²) < 4.78 is 0. The molecule has 3 heteroatoms. The molecule has 0 aliphatic heterocycles. The van der Waals surface area contributed by atoms with Gasteiger partial charge in [0.25, 0.3) is 0 Å². The molecule has 0 radical (unpaired) electrons. The number of amidine groups is 1. The summed E-state index contributed by atoms with van der Waals surface area (Å²) in [5, 5.41) is 16.4. The third-order valence-electron chi connectivity index (χ3n) is 1.65. The molecular weight excluding hydrogens is 152 g/mol. The first kappa shape index (κ1) is 8.74. The summed E-state index contributed by atoms with van der Waals surface area (Å²) in [6.07, 6.45) is -0.968. The van der Waals surface area contributed by atoms with E-state index in [2.05, 4.69) is 0 Å². The van der Waals surface area contributed by atoms with E-state index < -0.39 is 6.10 Å². The summed E-state index contributed by atoms with van der Waals surface area (Å²) in [6, 6.07) is 7.32. The van der Waals surface area contributed by atoms with E-state index in [1.165, 1.54) is 0 Å². The standard InChI is InChI=1S/C9H12N2O/c1-6-3-2-4-7(5-6)8(12)9(10)11/h2-5,8,12H,1H3,(H3,10,11). The molecule has 1 aromatic carbocycles. The Morgan fingerprint density at radius 2 is 2.25 bits per heavy atom. The number of nitrogens with one attached hydrogen (secondary N) is 1. The number of aryl methyl sites for hydroxylation is 1. The van der Waals surface area contributed by atoms with Gasteiger partial charge in [0.1, 0.15) is 11.9 Å². The van der Waals surface area contributed by atoms with Crippen LogP contribution in [-0.4, -0.2) is 10.9 Å². The molecule has 0 saturated heterocycles. The third-order valence-corrected chi connectivity index (χ3v) is 1.65. The van der Waals surface area contributed by atoms with Gasteiger partial charge in [0.15, 0.2) is 0 Å². The van der Waals surface area contributed by atoms with Crippen LogP contribution in [0.2, 0.25) is 0 Å². The summed E-state index contributed by atoms with van der Waals surface area (Å²) >= 11 is 0. The minimum atomic E-state index is -0.968. The first-order valence-corrected chi connectivity index (χ1v) is 3.70. The smallest absolute Gasteiger partial charge is 0.135 e. The minimum Gasteiger partial charge on any atom is -0.385 e. The van der Waals surface area contributed by atoms with Gasteiger partial charge < -0.3 is 10.8 Å². The van der Waals surface area contributed by atoms with Crippen LogP contribution in [-0.2, 0) is 0 Å². The van der Waals surface area contributed by atoms with Gasteiger partial charge in [0.2, 0.25) is 0 Å². The highest BCUT2D eigenvalue weighted by Gasteiger charge is 2.09. The number of aliphatic hydroxyl groups excluding tert-OH is 1. The highest BCUT2D eigenvalue weighted by molar-refractivity contribution is 5.82. The Hall–Kier alpha value is -1.35. The lowest BCUT2D eigenvalue weighted by Gasteiger charge is -2.08. The van der Waals surface area contributed by atoms with Crippen LogP contribution >= 0.6 is 0 Å². The van der Waals surface area contributed by atoms with Crippen LogP contribution in [0.1, 0.15) is 17.2 Å². The van der Waals surface area contributed by atoms with Gasteiger partial charge in [-0.15, -0.1) is 0 Å². The topological polar surface area (TPSA) is 70.1 Å². The molecule has 0 saturated carbocycles. The lowest BCUT2D eigenvalue weighted by molar-refractivity contribution is 0.245. The summed E-state index contributed by atoms with van der Waals surface area (Å²) in [4.78, 5) is 0. The molecule has 12 heavy (non-hydrogen) atoms. The molecule has 0 bridgehead atoms. The van der Waals surface area contributed by atoms with E-state index in [1.54, 1.807) is 6.07 Å². The second-order valence-electron chi connectivity index (χ2n) is 2.77. The van der Waals surface area contributed by atoms with E-state index in [1.807, 2.05) is 25.1 Å². The summed E-state index contributed by atoms with van der Waals surface area (Å²) in [5.74, 6) is -0.222. The predicted octanol–water partition coefficient (Wildman–Crippen LogP) is 0.964. The first-order valence-electron chi connectivity index (χ1n) is 3.70. The van der Waals surface area contributed by atoms with Gasteiger partial charge in [-0.2, -0.15) is 0 Å². The first-order chi connectivity index (χ1) is 5.61. The molecule has 1 atom stereocenters. The highest BCUT2D eigenvalue weighted by Crippen LogP contribution is 2.13. The third kappa shape index (κ3) is 1.83. The highest BCUT2D eigenvalue weighted by atomic mass is 16.3. The molecule has 1 aromatic rings. The summed E-state index contributed by atoms with van der Waals surface area (Å²) in [5.41, 5.74) is 6.87. The number of nitrogens with two attached hydrogens (primary N) is 1. The van der Waals surface area contributed by atoms with Gasteiger partial charge in [-0.05, 0) is 12.5 Å². The van der Waals surface area contributed by atoms with Crippen molar-refractivity contribution in [3.05, 3.63) is 35.4 Å². The average molecular weight is 164 g/mol. The van der Waals surface area contributed by atoms with E-state index in [0.717, 1.165) is 5.56 Å². The molecule has 0 aliphatic carbocycles. The van der Waals surface area contributed by atoms with Crippen molar-refractivity contribution < 1.29 is 5.11 Å². The lowest BCUT2D eigenvalue weighted by atomic mass is 10.1. The molecule has 1 rings (SSSR count). The van der Waals surface area contributed by atoms with Gasteiger partial charge in [-0.3, -0.25) is 5.41 Å². The zero-order valence-electron chi connectivity index (χ0n) is 6.91. The van der Waals surface area contributed by atoms with Crippen LogP contribution in [0.4, 0.5) is 0 Å². The monoisotopic (exact) mass is 164 g/mol. The molecule has 1 unspecified atom stereocenters. The fraction of sp³-hybridized carbons (Fsp3) is 0.222. The second kappa shape index (κ2) is 3.36. The normalized spacial score (nSPS) is 12.5. The summed E-state index contributed by atoms with van der Waals surface area (Å²) in [6.45, 7) is 1.93.